The van der Waals surface area contributed by atoms with Gasteiger partial charge in [0, 0.05) is 23.0 Å². The number of methoxy groups -OCH3 is 1. The SMILES string of the molecule is COc1ccc2c(c1)c(-c1ccccc1)c(C(F)(F)F)n2Cc1ccccc1. The van der Waals surface area contributed by atoms with Crippen molar-refractivity contribution in [2.24, 2.45) is 0 Å². The van der Waals surface area contributed by atoms with E-state index in [1.54, 1.807) is 48.5 Å². The second-order valence-electron chi connectivity index (χ2n) is 6.54. The van der Waals surface area contributed by atoms with Crippen LogP contribution in [0.5, 0.6) is 5.75 Å². The number of hydrogen-bond donors (Lipinski definition) is 0. The molecule has 0 saturated heterocycles. The van der Waals surface area contributed by atoms with Crippen molar-refractivity contribution in [3.8, 4) is 16.9 Å². The fourth-order valence-corrected chi connectivity index (χ4v) is 3.58. The molecule has 0 fully saturated rings. The first-order valence-electron chi connectivity index (χ1n) is 8.86. The zero-order valence-electron chi connectivity index (χ0n) is 15.2. The van der Waals surface area contributed by atoms with Gasteiger partial charge in [0.2, 0.25) is 0 Å². The lowest BCUT2D eigenvalue weighted by Gasteiger charge is -2.15. The maximum absolute atomic E-state index is 14.3. The van der Waals surface area contributed by atoms with Gasteiger partial charge in [-0.05, 0) is 29.3 Å². The molecule has 0 aliphatic heterocycles. The van der Waals surface area contributed by atoms with E-state index in [4.69, 9.17) is 4.74 Å². The lowest BCUT2D eigenvalue weighted by molar-refractivity contribution is -0.142. The Kier molecular flexibility index (Phi) is 4.59. The van der Waals surface area contributed by atoms with E-state index in [1.165, 1.54) is 11.7 Å². The molecule has 0 bridgehead atoms. The third-order valence-electron chi connectivity index (χ3n) is 4.79. The molecule has 0 amide bonds. The van der Waals surface area contributed by atoms with Crippen molar-refractivity contribution in [2.75, 3.05) is 7.11 Å². The average molecular weight is 381 g/mol. The molecule has 0 unspecified atom stereocenters. The number of benzene rings is 3. The van der Waals surface area contributed by atoms with Crippen molar-refractivity contribution in [3.05, 3.63) is 90.1 Å². The molecule has 0 N–H and O–H groups in total. The van der Waals surface area contributed by atoms with Gasteiger partial charge in [0.15, 0.2) is 0 Å². The van der Waals surface area contributed by atoms with Crippen LogP contribution < -0.4 is 4.74 Å². The Balaban J connectivity index is 2.07. The van der Waals surface area contributed by atoms with Gasteiger partial charge in [0.25, 0.3) is 0 Å². The van der Waals surface area contributed by atoms with Gasteiger partial charge in [-0.25, -0.2) is 0 Å². The van der Waals surface area contributed by atoms with Gasteiger partial charge < -0.3 is 9.30 Å². The van der Waals surface area contributed by atoms with Gasteiger partial charge in [0.05, 0.1) is 7.11 Å². The van der Waals surface area contributed by atoms with Crippen LogP contribution in [0.25, 0.3) is 22.0 Å². The van der Waals surface area contributed by atoms with Crippen LogP contribution in [0.4, 0.5) is 13.2 Å². The van der Waals surface area contributed by atoms with Crippen molar-refractivity contribution in [3.63, 3.8) is 0 Å². The van der Waals surface area contributed by atoms with E-state index in [2.05, 4.69) is 0 Å². The summed E-state index contributed by atoms with van der Waals surface area (Å²) in [7, 11) is 1.51. The monoisotopic (exact) mass is 381 g/mol. The second kappa shape index (κ2) is 7.08. The van der Waals surface area contributed by atoms with Gasteiger partial charge in [0.1, 0.15) is 11.4 Å². The van der Waals surface area contributed by atoms with Crippen LogP contribution in [-0.4, -0.2) is 11.7 Å². The van der Waals surface area contributed by atoms with Crippen LogP contribution in [0.15, 0.2) is 78.9 Å². The lowest BCUT2D eigenvalue weighted by Crippen LogP contribution is -2.15. The van der Waals surface area contributed by atoms with Gasteiger partial charge in [-0.2, -0.15) is 13.2 Å². The highest BCUT2D eigenvalue weighted by Gasteiger charge is 2.39. The molecule has 0 atom stereocenters. The number of fused-ring (bicyclic) bond motifs is 1. The first-order chi connectivity index (χ1) is 13.5. The fraction of sp³-hybridized carbons (Fsp3) is 0.130. The summed E-state index contributed by atoms with van der Waals surface area (Å²) in [5.41, 5.74) is 1.39. The zero-order valence-corrected chi connectivity index (χ0v) is 15.2. The van der Waals surface area contributed by atoms with E-state index in [0.29, 0.717) is 22.2 Å². The standard InChI is InChI=1S/C23H18F3NO/c1-28-18-12-13-20-19(14-18)21(17-10-6-3-7-11-17)22(23(24,25)26)27(20)15-16-8-4-2-5-9-16/h2-14H,15H2,1H3. The van der Waals surface area contributed by atoms with Crippen molar-refractivity contribution in [1.82, 2.24) is 4.57 Å². The summed E-state index contributed by atoms with van der Waals surface area (Å²) in [5.74, 6) is 0.523. The Morgan fingerprint density at radius 2 is 1.50 bits per heavy atom. The van der Waals surface area contributed by atoms with Crippen LogP contribution in [0.2, 0.25) is 0 Å². The molecule has 0 saturated carbocycles. The number of nitrogens with zero attached hydrogens (tertiary/aromatic N) is 1. The molecular formula is C23H18F3NO. The first kappa shape index (κ1) is 18.2. The minimum absolute atomic E-state index is 0.130. The molecule has 0 spiro atoms. The molecule has 4 aromatic rings. The van der Waals surface area contributed by atoms with Crippen molar-refractivity contribution < 1.29 is 17.9 Å². The maximum atomic E-state index is 14.3. The summed E-state index contributed by atoms with van der Waals surface area (Å²) in [6.45, 7) is 0.130. The summed E-state index contributed by atoms with van der Waals surface area (Å²) >= 11 is 0. The summed E-state index contributed by atoms with van der Waals surface area (Å²) in [6.07, 6.45) is -4.51. The molecule has 3 aromatic carbocycles. The summed E-state index contributed by atoms with van der Waals surface area (Å²) in [6, 6.07) is 22.9. The predicted octanol–water partition coefficient (Wildman–Crippen LogP) is 6.38. The molecule has 0 aliphatic carbocycles. The minimum Gasteiger partial charge on any atom is -0.497 e. The Morgan fingerprint density at radius 3 is 2.11 bits per heavy atom. The van der Waals surface area contributed by atoms with Gasteiger partial charge >= 0.3 is 6.18 Å². The summed E-state index contributed by atoms with van der Waals surface area (Å²) < 4.78 is 49.4. The predicted molar refractivity (Wildman–Crippen MR) is 104 cm³/mol. The third kappa shape index (κ3) is 3.24. The highest BCUT2D eigenvalue weighted by molar-refractivity contribution is 5.99. The van der Waals surface area contributed by atoms with Crippen LogP contribution in [0.3, 0.4) is 0 Å². The second-order valence-corrected chi connectivity index (χ2v) is 6.54. The van der Waals surface area contributed by atoms with Crippen LogP contribution >= 0.6 is 0 Å². The van der Waals surface area contributed by atoms with Crippen LogP contribution in [0, 0.1) is 0 Å². The Hall–Kier alpha value is -3.21. The Morgan fingerprint density at radius 1 is 0.857 bits per heavy atom. The van der Waals surface area contributed by atoms with E-state index in [-0.39, 0.29) is 12.1 Å². The van der Waals surface area contributed by atoms with Gasteiger partial charge in [-0.1, -0.05) is 60.7 Å². The summed E-state index contributed by atoms with van der Waals surface area (Å²) in [5, 5.41) is 0.522. The molecule has 0 radical (unpaired) electrons. The molecule has 28 heavy (non-hydrogen) atoms. The number of hydrogen-bond acceptors (Lipinski definition) is 1. The molecule has 1 heterocycles. The molecule has 0 aliphatic rings. The number of aromatic nitrogens is 1. The van der Waals surface area contributed by atoms with E-state index >= 15 is 0 Å². The molecular weight excluding hydrogens is 363 g/mol. The molecule has 4 rings (SSSR count). The third-order valence-corrected chi connectivity index (χ3v) is 4.79. The van der Waals surface area contributed by atoms with Crippen molar-refractivity contribution in [1.29, 1.82) is 0 Å². The topological polar surface area (TPSA) is 14.2 Å². The highest BCUT2D eigenvalue weighted by Crippen LogP contribution is 2.44. The largest absolute Gasteiger partial charge is 0.497 e. The Labute approximate surface area is 160 Å². The van der Waals surface area contributed by atoms with Crippen LogP contribution in [-0.2, 0) is 12.7 Å². The molecule has 142 valence electrons. The molecule has 5 heteroatoms. The first-order valence-corrected chi connectivity index (χ1v) is 8.86. The van der Waals surface area contributed by atoms with E-state index < -0.39 is 11.9 Å². The van der Waals surface area contributed by atoms with E-state index in [0.717, 1.165) is 5.56 Å². The smallest absolute Gasteiger partial charge is 0.432 e. The van der Waals surface area contributed by atoms with Gasteiger partial charge in [-0.15, -0.1) is 0 Å². The quantitative estimate of drug-likeness (QED) is 0.400. The van der Waals surface area contributed by atoms with Crippen molar-refractivity contribution in [2.45, 2.75) is 12.7 Å². The lowest BCUT2D eigenvalue weighted by atomic mass is 10.0. The zero-order chi connectivity index (χ0) is 19.7. The Bertz CT molecular complexity index is 1100. The summed E-state index contributed by atoms with van der Waals surface area (Å²) in [4.78, 5) is 0. The fourth-order valence-electron chi connectivity index (χ4n) is 3.58. The number of rotatable bonds is 4. The number of ether oxygens (including phenoxy) is 1. The van der Waals surface area contributed by atoms with Gasteiger partial charge in [-0.3, -0.25) is 0 Å². The molecule has 2 nitrogen and oxygen atoms in total. The van der Waals surface area contributed by atoms with Crippen molar-refractivity contribution >= 4 is 10.9 Å². The average Bonchev–Trinajstić information content (AvgIpc) is 3.03. The number of halogens is 3. The minimum atomic E-state index is -4.51. The molecule has 1 aromatic heterocycles. The number of alkyl halides is 3. The highest BCUT2D eigenvalue weighted by atomic mass is 19.4. The van der Waals surface area contributed by atoms with Crippen LogP contribution in [0.1, 0.15) is 11.3 Å². The van der Waals surface area contributed by atoms with E-state index in [1.807, 2.05) is 30.3 Å². The van der Waals surface area contributed by atoms with E-state index in [9.17, 15) is 13.2 Å². The maximum Gasteiger partial charge on any atom is 0.432 e. The normalized spacial score (nSPS) is 11.7.